The third kappa shape index (κ3) is 1.85. The molecule has 0 amide bonds. The molecule has 0 fully saturated rings. The highest BCUT2D eigenvalue weighted by atomic mass is 32.1. The molecule has 0 saturated heterocycles. The minimum absolute atomic E-state index is 0.491. The Kier molecular flexibility index (Phi) is 2.44. The smallest absolute Gasteiger partial charge is 0.0963 e. The van der Waals surface area contributed by atoms with Crippen molar-refractivity contribution >= 4 is 21.6 Å². The highest BCUT2D eigenvalue weighted by molar-refractivity contribution is 7.18. The molecule has 4 heteroatoms. The van der Waals surface area contributed by atoms with Crippen molar-refractivity contribution in [1.82, 2.24) is 15.2 Å². The zero-order valence-corrected chi connectivity index (χ0v) is 10.6. The molecule has 3 rings (SSSR count). The monoisotopic (exact) mass is 243 g/mol. The summed E-state index contributed by atoms with van der Waals surface area (Å²) >= 11 is 1.78. The van der Waals surface area contributed by atoms with Crippen molar-refractivity contribution in [3.05, 3.63) is 35.6 Å². The van der Waals surface area contributed by atoms with Crippen molar-refractivity contribution in [2.75, 3.05) is 0 Å². The van der Waals surface area contributed by atoms with Crippen LogP contribution in [-0.2, 0) is 0 Å². The molecule has 86 valence electrons. The molecule has 0 unspecified atom stereocenters. The molecule has 0 spiro atoms. The van der Waals surface area contributed by atoms with Crippen molar-refractivity contribution < 1.29 is 0 Å². The van der Waals surface area contributed by atoms with Crippen molar-refractivity contribution in [3.8, 4) is 11.1 Å². The summed E-state index contributed by atoms with van der Waals surface area (Å²) in [5.41, 5.74) is 3.39. The molecule has 17 heavy (non-hydrogen) atoms. The normalized spacial score (nSPS) is 11.5. The maximum absolute atomic E-state index is 4.63. The summed E-state index contributed by atoms with van der Waals surface area (Å²) in [6, 6.07) is 6.36. The highest BCUT2D eigenvalue weighted by Gasteiger charge is 2.08. The lowest BCUT2D eigenvalue weighted by molar-refractivity contribution is 0.857. The number of hydrogen-bond acceptors (Lipinski definition) is 3. The number of rotatable bonds is 2. The van der Waals surface area contributed by atoms with Crippen LogP contribution < -0.4 is 0 Å². The van der Waals surface area contributed by atoms with Crippen molar-refractivity contribution in [3.63, 3.8) is 0 Å². The SMILES string of the molecule is CC(C)c1nc2ccc(-c3cn[nH]c3)cc2s1. The fourth-order valence-electron chi connectivity index (χ4n) is 1.78. The summed E-state index contributed by atoms with van der Waals surface area (Å²) in [6.07, 6.45) is 3.75. The van der Waals surface area contributed by atoms with E-state index in [4.69, 9.17) is 0 Å². The molecular weight excluding hydrogens is 230 g/mol. The average Bonchev–Trinajstić information content (AvgIpc) is 2.97. The molecule has 0 radical (unpaired) electrons. The number of fused-ring (bicyclic) bond motifs is 1. The Labute approximate surface area is 104 Å². The number of thiazole rings is 1. The largest absolute Gasteiger partial charge is 0.285 e. The fourth-order valence-corrected chi connectivity index (χ4v) is 2.79. The van der Waals surface area contributed by atoms with E-state index >= 15 is 0 Å². The van der Waals surface area contributed by atoms with E-state index in [1.54, 1.807) is 11.3 Å². The first-order chi connectivity index (χ1) is 8.24. The second-order valence-corrected chi connectivity index (χ2v) is 5.44. The van der Waals surface area contributed by atoms with Crippen LogP contribution in [0.15, 0.2) is 30.6 Å². The molecule has 3 aromatic rings. The van der Waals surface area contributed by atoms with Crippen LogP contribution in [0.5, 0.6) is 0 Å². The van der Waals surface area contributed by atoms with Gasteiger partial charge in [0.25, 0.3) is 0 Å². The first-order valence-corrected chi connectivity index (χ1v) is 6.45. The molecule has 0 bridgehead atoms. The van der Waals surface area contributed by atoms with E-state index in [0.29, 0.717) is 5.92 Å². The minimum Gasteiger partial charge on any atom is -0.285 e. The van der Waals surface area contributed by atoms with Crippen LogP contribution in [0, 0.1) is 0 Å². The number of aromatic nitrogens is 3. The number of aromatic amines is 1. The molecule has 0 aliphatic rings. The molecule has 0 saturated carbocycles. The van der Waals surface area contributed by atoms with Gasteiger partial charge in [-0.1, -0.05) is 19.9 Å². The van der Waals surface area contributed by atoms with Gasteiger partial charge in [-0.15, -0.1) is 11.3 Å². The van der Waals surface area contributed by atoms with E-state index in [2.05, 4.69) is 47.2 Å². The van der Waals surface area contributed by atoms with Crippen LogP contribution >= 0.6 is 11.3 Å². The van der Waals surface area contributed by atoms with E-state index < -0.39 is 0 Å². The lowest BCUT2D eigenvalue weighted by Crippen LogP contribution is -1.82. The first kappa shape index (κ1) is 10.5. The van der Waals surface area contributed by atoms with Crippen LogP contribution in [0.1, 0.15) is 24.8 Å². The molecule has 2 aromatic heterocycles. The van der Waals surface area contributed by atoms with Crippen LogP contribution in [-0.4, -0.2) is 15.2 Å². The number of nitrogens with one attached hydrogen (secondary N) is 1. The van der Waals surface area contributed by atoms with Gasteiger partial charge >= 0.3 is 0 Å². The summed E-state index contributed by atoms with van der Waals surface area (Å²) in [5.74, 6) is 0.491. The van der Waals surface area contributed by atoms with Crippen molar-refractivity contribution in [1.29, 1.82) is 0 Å². The molecular formula is C13H13N3S. The third-order valence-corrected chi connectivity index (χ3v) is 4.05. The van der Waals surface area contributed by atoms with E-state index in [1.807, 2.05) is 12.4 Å². The molecule has 0 atom stereocenters. The molecule has 1 N–H and O–H groups in total. The number of benzene rings is 1. The Bertz CT molecular complexity index is 638. The predicted molar refractivity (Wildman–Crippen MR) is 71.3 cm³/mol. The summed E-state index contributed by atoms with van der Waals surface area (Å²) in [5, 5.41) is 8.01. The predicted octanol–water partition coefficient (Wildman–Crippen LogP) is 3.81. The molecule has 1 aromatic carbocycles. The van der Waals surface area contributed by atoms with Gasteiger partial charge in [0.15, 0.2) is 0 Å². The van der Waals surface area contributed by atoms with Gasteiger partial charge in [0, 0.05) is 17.7 Å². The van der Waals surface area contributed by atoms with Gasteiger partial charge in [0.1, 0.15) is 0 Å². The summed E-state index contributed by atoms with van der Waals surface area (Å²) < 4.78 is 1.24. The van der Waals surface area contributed by atoms with Crippen molar-refractivity contribution in [2.24, 2.45) is 0 Å². The van der Waals surface area contributed by atoms with Gasteiger partial charge in [-0.25, -0.2) is 4.98 Å². The lowest BCUT2D eigenvalue weighted by Gasteiger charge is -1.95. The van der Waals surface area contributed by atoms with Crippen LogP contribution in [0.2, 0.25) is 0 Å². The van der Waals surface area contributed by atoms with Crippen LogP contribution in [0.25, 0.3) is 21.3 Å². The van der Waals surface area contributed by atoms with Crippen molar-refractivity contribution in [2.45, 2.75) is 19.8 Å². The lowest BCUT2D eigenvalue weighted by atomic mass is 10.1. The van der Waals surface area contributed by atoms with Crippen LogP contribution in [0.4, 0.5) is 0 Å². The number of hydrogen-bond donors (Lipinski definition) is 1. The second kappa shape index (κ2) is 3.96. The standard InChI is InChI=1S/C13H13N3S/c1-8(2)13-16-11-4-3-9(5-12(11)17-13)10-6-14-15-7-10/h3-8H,1-2H3,(H,14,15). The molecule has 2 heterocycles. The maximum atomic E-state index is 4.63. The Morgan fingerprint density at radius 2 is 2.12 bits per heavy atom. The van der Waals surface area contributed by atoms with Crippen LogP contribution in [0.3, 0.4) is 0 Å². The molecule has 3 nitrogen and oxygen atoms in total. The van der Waals surface area contributed by atoms with Gasteiger partial charge in [0.2, 0.25) is 0 Å². The fraction of sp³-hybridized carbons (Fsp3) is 0.231. The van der Waals surface area contributed by atoms with Gasteiger partial charge < -0.3 is 0 Å². The second-order valence-electron chi connectivity index (χ2n) is 4.38. The zero-order chi connectivity index (χ0) is 11.8. The van der Waals surface area contributed by atoms with Gasteiger partial charge in [-0.2, -0.15) is 5.10 Å². The summed E-state index contributed by atoms with van der Waals surface area (Å²) in [4.78, 5) is 4.63. The maximum Gasteiger partial charge on any atom is 0.0963 e. The Morgan fingerprint density at radius 3 is 2.82 bits per heavy atom. The number of nitrogens with zero attached hydrogens (tertiary/aromatic N) is 2. The first-order valence-electron chi connectivity index (χ1n) is 5.63. The Hall–Kier alpha value is -1.68. The summed E-state index contributed by atoms with van der Waals surface area (Å²) in [7, 11) is 0. The molecule has 0 aliphatic heterocycles. The molecule has 0 aliphatic carbocycles. The van der Waals surface area contributed by atoms with Gasteiger partial charge in [-0.05, 0) is 17.7 Å². The van der Waals surface area contributed by atoms with E-state index in [0.717, 1.165) is 11.1 Å². The zero-order valence-electron chi connectivity index (χ0n) is 9.77. The Morgan fingerprint density at radius 1 is 1.24 bits per heavy atom. The van der Waals surface area contributed by atoms with E-state index in [9.17, 15) is 0 Å². The average molecular weight is 243 g/mol. The van der Waals surface area contributed by atoms with Gasteiger partial charge in [0.05, 0.1) is 21.4 Å². The topological polar surface area (TPSA) is 41.6 Å². The number of H-pyrrole nitrogens is 1. The van der Waals surface area contributed by atoms with E-state index in [1.165, 1.54) is 15.3 Å². The van der Waals surface area contributed by atoms with E-state index in [-0.39, 0.29) is 0 Å². The Balaban J connectivity index is 2.13. The quantitative estimate of drug-likeness (QED) is 0.743. The minimum atomic E-state index is 0.491. The highest BCUT2D eigenvalue weighted by Crippen LogP contribution is 2.30. The van der Waals surface area contributed by atoms with Gasteiger partial charge in [-0.3, -0.25) is 5.10 Å². The third-order valence-electron chi connectivity index (χ3n) is 2.73. The summed E-state index contributed by atoms with van der Waals surface area (Å²) in [6.45, 7) is 4.35.